The van der Waals surface area contributed by atoms with Gasteiger partial charge in [-0.2, -0.15) is 0 Å². The van der Waals surface area contributed by atoms with Gasteiger partial charge in [0, 0.05) is 13.1 Å². The first-order chi connectivity index (χ1) is 8.24. The van der Waals surface area contributed by atoms with Crippen LogP contribution in [0.4, 0.5) is 0 Å². The first kappa shape index (κ1) is 14.1. The molecule has 0 heterocycles. The van der Waals surface area contributed by atoms with Crippen LogP contribution in [0.15, 0.2) is 12.2 Å². The van der Waals surface area contributed by atoms with Crippen molar-refractivity contribution in [2.45, 2.75) is 51.7 Å². The van der Waals surface area contributed by atoms with Gasteiger partial charge in [-0.1, -0.05) is 34.3 Å². The number of nitrogens with zero attached hydrogens (tertiary/aromatic N) is 1. The number of rotatable bonds is 4. The summed E-state index contributed by atoms with van der Waals surface area (Å²) >= 11 is 0. The molecule has 2 atom stereocenters. The third-order valence-corrected chi connectivity index (χ3v) is 8.16. The van der Waals surface area contributed by atoms with Crippen molar-refractivity contribution >= 4 is 10.0 Å². The van der Waals surface area contributed by atoms with Gasteiger partial charge in [0.1, 0.15) is 4.75 Å². The molecule has 0 radical (unpaired) electrons. The molecule has 0 amide bonds. The smallest absolute Gasteiger partial charge is 0.211 e. The quantitative estimate of drug-likeness (QED) is 0.737. The second kappa shape index (κ2) is 4.07. The first-order valence-corrected chi connectivity index (χ1v) is 8.37. The van der Waals surface area contributed by atoms with E-state index in [4.69, 9.17) is 0 Å². The van der Waals surface area contributed by atoms with Crippen molar-refractivity contribution < 1.29 is 8.42 Å². The summed E-state index contributed by atoms with van der Waals surface area (Å²) in [5, 5.41) is 0. The maximum absolute atomic E-state index is 12.9. The minimum absolute atomic E-state index is 0.0293. The lowest BCUT2D eigenvalue weighted by Crippen LogP contribution is -2.48. The Morgan fingerprint density at radius 1 is 1.33 bits per heavy atom. The molecule has 2 fully saturated rings. The fourth-order valence-corrected chi connectivity index (χ4v) is 6.47. The van der Waals surface area contributed by atoms with Crippen LogP contribution < -0.4 is 0 Å². The fraction of sp³-hybridized carbons (Fsp3) is 0.857. The van der Waals surface area contributed by atoms with Crippen LogP contribution in [0, 0.1) is 11.3 Å². The van der Waals surface area contributed by atoms with Crippen molar-refractivity contribution in [2.24, 2.45) is 11.3 Å². The van der Waals surface area contributed by atoms with Crippen LogP contribution in [-0.2, 0) is 10.0 Å². The molecule has 0 aromatic heterocycles. The summed E-state index contributed by atoms with van der Waals surface area (Å²) in [5.74, 6) is 0.482. The third-order valence-electron chi connectivity index (χ3n) is 5.36. The van der Waals surface area contributed by atoms with E-state index in [0.717, 1.165) is 24.8 Å². The van der Waals surface area contributed by atoms with E-state index in [0.29, 0.717) is 19.0 Å². The molecule has 0 unspecified atom stereocenters. The van der Waals surface area contributed by atoms with E-state index >= 15 is 0 Å². The lowest BCUT2D eigenvalue weighted by Gasteiger charge is -2.39. The Hall–Kier alpha value is -0.350. The van der Waals surface area contributed by atoms with Crippen LogP contribution in [-0.4, -0.2) is 30.6 Å². The molecule has 2 bridgehead atoms. The van der Waals surface area contributed by atoms with Crippen molar-refractivity contribution in [1.82, 2.24) is 4.31 Å². The van der Waals surface area contributed by atoms with Gasteiger partial charge in [-0.05, 0) is 36.2 Å². The summed E-state index contributed by atoms with van der Waals surface area (Å²) in [6.45, 7) is 13.4. The van der Waals surface area contributed by atoms with Gasteiger partial charge in [-0.3, -0.25) is 0 Å². The molecule has 0 saturated heterocycles. The van der Waals surface area contributed by atoms with Crippen LogP contribution in [0.2, 0.25) is 0 Å². The van der Waals surface area contributed by atoms with E-state index in [1.165, 1.54) is 0 Å². The highest BCUT2D eigenvalue weighted by atomic mass is 32.2. The molecule has 0 N–H and O–H groups in total. The molecule has 0 aromatic carbocycles. The molecule has 3 nitrogen and oxygen atoms in total. The molecule has 18 heavy (non-hydrogen) atoms. The molecule has 104 valence electrons. The van der Waals surface area contributed by atoms with E-state index in [9.17, 15) is 8.42 Å². The van der Waals surface area contributed by atoms with Gasteiger partial charge < -0.3 is 0 Å². The normalized spacial score (nSPS) is 34.5. The highest BCUT2D eigenvalue weighted by molar-refractivity contribution is 7.90. The topological polar surface area (TPSA) is 37.4 Å². The molecule has 2 rings (SSSR count). The van der Waals surface area contributed by atoms with E-state index < -0.39 is 14.8 Å². The molecule has 0 aliphatic heterocycles. The summed E-state index contributed by atoms with van der Waals surface area (Å²) in [5.41, 5.74) is 0.913. The second-order valence-electron chi connectivity index (χ2n) is 6.22. The van der Waals surface area contributed by atoms with Crippen LogP contribution in [0.5, 0.6) is 0 Å². The van der Waals surface area contributed by atoms with Gasteiger partial charge in [-0.15, -0.1) is 0 Å². The zero-order chi connectivity index (χ0) is 13.8. The van der Waals surface area contributed by atoms with Gasteiger partial charge in [0.25, 0.3) is 0 Å². The van der Waals surface area contributed by atoms with E-state index in [1.807, 2.05) is 13.8 Å². The molecule has 2 saturated carbocycles. The molecular formula is C14H25NO2S. The predicted octanol–water partition coefficient (Wildman–Crippen LogP) is 2.79. The van der Waals surface area contributed by atoms with Crippen LogP contribution in [0.3, 0.4) is 0 Å². The van der Waals surface area contributed by atoms with Gasteiger partial charge in [0.15, 0.2) is 0 Å². The summed E-state index contributed by atoms with van der Waals surface area (Å²) in [4.78, 5) is 0. The molecule has 2 aliphatic carbocycles. The minimum atomic E-state index is -3.26. The standard InChI is InChI=1S/C14H25NO2S/c1-6-15(7-2)18(16,17)14-9-8-12(10-14)13(4,5)11(14)3/h12H,3,6-10H2,1-2,4-5H3/t12-,14-/m1/s1. The Morgan fingerprint density at radius 2 is 1.89 bits per heavy atom. The SMILES string of the molecule is C=C1C(C)(C)[C@@H]2CC[C@@]1(S(=O)(=O)N(CC)CC)C2. The highest BCUT2D eigenvalue weighted by Gasteiger charge is 2.64. The average molecular weight is 271 g/mol. The van der Waals surface area contributed by atoms with Crippen LogP contribution in [0.1, 0.15) is 47.0 Å². The molecule has 0 aromatic rings. The maximum atomic E-state index is 12.9. The number of sulfonamides is 1. The highest BCUT2D eigenvalue weighted by Crippen LogP contribution is 2.64. The first-order valence-electron chi connectivity index (χ1n) is 6.93. The predicted molar refractivity (Wildman–Crippen MR) is 74.8 cm³/mol. The number of hydrogen-bond acceptors (Lipinski definition) is 2. The largest absolute Gasteiger partial charge is 0.223 e. The van der Waals surface area contributed by atoms with E-state index in [2.05, 4.69) is 20.4 Å². The van der Waals surface area contributed by atoms with Gasteiger partial charge in [0.05, 0.1) is 0 Å². The van der Waals surface area contributed by atoms with Gasteiger partial charge in [0.2, 0.25) is 10.0 Å². The van der Waals surface area contributed by atoms with Crippen molar-refractivity contribution in [1.29, 1.82) is 0 Å². The summed E-state index contributed by atoms with van der Waals surface area (Å²) in [7, 11) is -3.26. The fourth-order valence-electron chi connectivity index (χ4n) is 3.93. The van der Waals surface area contributed by atoms with E-state index in [1.54, 1.807) is 4.31 Å². The summed E-state index contributed by atoms with van der Waals surface area (Å²) in [6, 6.07) is 0. The Balaban J connectivity index is 2.48. The van der Waals surface area contributed by atoms with Crippen LogP contribution >= 0.6 is 0 Å². The molecule has 2 aliphatic rings. The zero-order valence-electron chi connectivity index (χ0n) is 12.0. The van der Waals surface area contributed by atoms with Crippen molar-refractivity contribution in [3.8, 4) is 0 Å². The van der Waals surface area contributed by atoms with Gasteiger partial charge in [-0.25, -0.2) is 12.7 Å². The third kappa shape index (κ3) is 1.48. The second-order valence-corrected chi connectivity index (χ2v) is 8.47. The van der Waals surface area contributed by atoms with Crippen molar-refractivity contribution in [2.75, 3.05) is 13.1 Å². The maximum Gasteiger partial charge on any atom is 0.223 e. The van der Waals surface area contributed by atoms with E-state index in [-0.39, 0.29) is 5.41 Å². The average Bonchev–Trinajstić information content (AvgIpc) is 2.81. The van der Waals surface area contributed by atoms with Crippen LogP contribution in [0.25, 0.3) is 0 Å². The Labute approximate surface area is 111 Å². The molecule has 0 spiro atoms. The van der Waals surface area contributed by atoms with Crippen molar-refractivity contribution in [3.63, 3.8) is 0 Å². The lowest BCUT2D eigenvalue weighted by molar-refractivity contribution is 0.289. The number of hydrogen-bond donors (Lipinski definition) is 0. The monoisotopic (exact) mass is 271 g/mol. The Bertz CT molecular complexity index is 462. The minimum Gasteiger partial charge on any atom is -0.211 e. The molecular weight excluding hydrogens is 246 g/mol. The number of fused-ring (bicyclic) bond motifs is 2. The van der Waals surface area contributed by atoms with Crippen molar-refractivity contribution in [3.05, 3.63) is 12.2 Å². The Morgan fingerprint density at radius 3 is 2.28 bits per heavy atom. The zero-order valence-corrected chi connectivity index (χ0v) is 12.8. The summed E-state index contributed by atoms with van der Waals surface area (Å²) in [6.07, 6.45) is 2.56. The molecule has 4 heteroatoms. The Kier molecular flexibility index (Phi) is 3.18. The summed E-state index contributed by atoms with van der Waals surface area (Å²) < 4.78 is 26.8. The van der Waals surface area contributed by atoms with Gasteiger partial charge >= 0.3 is 0 Å². The lowest BCUT2D eigenvalue weighted by atomic mass is 9.73.